The normalized spacial score (nSPS) is 13.7. The van der Waals surface area contributed by atoms with Crippen LogP contribution in [0.25, 0.3) is 5.57 Å². The Kier molecular flexibility index (Phi) is 6.05. The SMILES string of the molecule is N#CCc1cnc(C2=CCN(C(=O)Nc3ccc(CF)cc3)CC2)c(Cl)c1. The molecule has 5 nitrogen and oxygen atoms in total. The van der Waals surface area contributed by atoms with Gasteiger partial charge < -0.3 is 10.2 Å². The first-order valence-electron chi connectivity index (χ1n) is 8.52. The topological polar surface area (TPSA) is 69.0 Å². The number of carbonyl (C=O) groups is 1. The van der Waals surface area contributed by atoms with E-state index < -0.39 is 6.67 Å². The zero-order chi connectivity index (χ0) is 19.2. The van der Waals surface area contributed by atoms with E-state index in [1.807, 2.05) is 6.08 Å². The molecule has 0 bridgehead atoms. The zero-order valence-electron chi connectivity index (χ0n) is 14.6. The molecule has 7 heteroatoms. The quantitative estimate of drug-likeness (QED) is 0.838. The lowest BCUT2D eigenvalue weighted by Gasteiger charge is -2.27. The van der Waals surface area contributed by atoms with Gasteiger partial charge in [0.05, 0.1) is 23.2 Å². The lowest BCUT2D eigenvalue weighted by atomic mass is 10.0. The first kappa shape index (κ1) is 18.9. The van der Waals surface area contributed by atoms with Crippen molar-refractivity contribution < 1.29 is 9.18 Å². The minimum absolute atomic E-state index is 0.207. The van der Waals surface area contributed by atoms with Gasteiger partial charge in [-0.15, -0.1) is 0 Å². The fourth-order valence-electron chi connectivity index (χ4n) is 2.85. The van der Waals surface area contributed by atoms with E-state index in [0.717, 1.165) is 11.1 Å². The fourth-order valence-corrected chi connectivity index (χ4v) is 3.16. The number of pyridine rings is 1. The van der Waals surface area contributed by atoms with Crippen molar-refractivity contribution in [2.45, 2.75) is 19.5 Å². The maximum atomic E-state index is 12.5. The van der Waals surface area contributed by atoms with Gasteiger partial charge in [-0.1, -0.05) is 29.8 Å². The van der Waals surface area contributed by atoms with E-state index in [2.05, 4.69) is 16.4 Å². The molecule has 0 saturated carbocycles. The van der Waals surface area contributed by atoms with Crippen LogP contribution in [-0.2, 0) is 13.1 Å². The van der Waals surface area contributed by atoms with Crippen molar-refractivity contribution >= 4 is 28.9 Å². The number of alkyl halides is 1. The summed E-state index contributed by atoms with van der Waals surface area (Å²) in [7, 11) is 0. The molecule has 0 aliphatic carbocycles. The molecule has 0 spiro atoms. The molecule has 2 heterocycles. The molecule has 1 aromatic carbocycles. The van der Waals surface area contributed by atoms with Crippen LogP contribution in [-0.4, -0.2) is 29.0 Å². The number of rotatable bonds is 4. The zero-order valence-corrected chi connectivity index (χ0v) is 15.3. The highest BCUT2D eigenvalue weighted by atomic mass is 35.5. The highest BCUT2D eigenvalue weighted by molar-refractivity contribution is 6.32. The number of aromatic nitrogens is 1. The van der Waals surface area contributed by atoms with Crippen LogP contribution < -0.4 is 5.32 Å². The molecule has 1 aromatic heterocycles. The Bertz CT molecular complexity index is 905. The van der Waals surface area contributed by atoms with Crippen molar-refractivity contribution in [1.29, 1.82) is 5.26 Å². The molecule has 138 valence electrons. The van der Waals surface area contributed by atoms with Gasteiger partial charge in [0.2, 0.25) is 0 Å². The first-order chi connectivity index (χ1) is 13.1. The third-order valence-electron chi connectivity index (χ3n) is 4.34. The predicted molar refractivity (Wildman–Crippen MR) is 103 cm³/mol. The van der Waals surface area contributed by atoms with Gasteiger partial charge in [0.25, 0.3) is 0 Å². The van der Waals surface area contributed by atoms with Crippen LogP contribution in [0.15, 0.2) is 42.6 Å². The molecule has 2 amide bonds. The summed E-state index contributed by atoms with van der Waals surface area (Å²) in [6.45, 7) is 0.460. The molecule has 27 heavy (non-hydrogen) atoms. The van der Waals surface area contributed by atoms with Crippen LogP contribution in [0.5, 0.6) is 0 Å². The van der Waals surface area contributed by atoms with E-state index in [1.165, 1.54) is 0 Å². The number of carbonyl (C=O) groups excluding carboxylic acids is 1. The first-order valence-corrected chi connectivity index (χ1v) is 8.90. The summed E-state index contributed by atoms with van der Waals surface area (Å²) in [5.41, 5.74) is 3.66. The fraction of sp³-hybridized carbons (Fsp3) is 0.250. The maximum absolute atomic E-state index is 12.5. The molecular formula is C20H18ClFN4O. The Labute approximate surface area is 162 Å². The van der Waals surface area contributed by atoms with Crippen molar-refractivity contribution in [2.24, 2.45) is 0 Å². The second kappa shape index (κ2) is 8.65. The highest BCUT2D eigenvalue weighted by Crippen LogP contribution is 2.27. The number of anilines is 1. The van der Waals surface area contributed by atoms with Crippen LogP contribution in [0, 0.1) is 11.3 Å². The van der Waals surface area contributed by atoms with Crippen molar-refractivity contribution in [1.82, 2.24) is 9.88 Å². The Balaban J connectivity index is 1.63. The molecule has 1 aliphatic rings. The lowest BCUT2D eigenvalue weighted by Crippen LogP contribution is -2.37. The van der Waals surface area contributed by atoms with Crippen LogP contribution in [0.1, 0.15) is 23.2 Å². The molecule has 0 radical (unpaired) electrons. The Morgan fingerprint density at radius 2 is 2.11 bits per heavy atom. The van der Waals surface area contributed by atoms with Gasteiger partial charge in [0.1, 0.15) is 6.67 Å². The molecule has 0 atom stereocenters. The largest absolute Gasteiger partial charge is 0.322 e. The molecule has 2 aromatic rings. The number of hydrogen-bond acceptors (Lipinski definition) is 3. The minimum atomic E-state index is -0.526. The van der Waals surface area contributed by atoms with Crippen molar-refractivity contribution in [3.8, 4) is 6.07 Å². The summed E-state index contributed by atoms with van der Waals surface area (Å²) < 4.78 is 12.5. The molecule has 1 N–H and O–H groups in total. The highest BCUT2D eigenvalue weighted by Gasteiger charge is 2.20. The third kappa shape index (κ3) is 4.63. The molecule has 0 saturated heterocycles. The van der Waals surface area contributed by atoms with E-state index in [0.29, 0.717) is 41.5 Å². The maximum Gasteiger partial charge on any atom is 0.322 e. The van der Waals surface area contributed by atoms with Crippen molar-refractivity contribution in [2.75, 3.05) is 18.4 Å². The monoisotopic (exact) mass is 384 g/mol. The molecule has 1 aliphatic heterocycles. The number of nitrogens with zero attached hydrogens (tertiary/aromatic N) is 3. The average Bonchev–Trinajstić information content (AvgIpc) is 2.69. The Morgan fingerprint density at radius 3 is 2.70 bits per heavy atom. The Morgan fingerprint density at radius 1 is 1.33 bits per heavy atom. The van der Waals surface area contributed by atoms with Gasteiger partial charge in [-0.3, -0.25) is 4.98 Å². The number of nitriles is 1. The number of hydrogen-bond donors (Lipinski definition) is 1. The van der Waals surface area contributed by atoms with Crippen molar-refractivity contribution in [3.63, 3.8) is 0 Å². The van der Waals surface area contributed by atoms with Gasteiger partial charge in [-0.2, -0.15) is 5.26 Å². The standard InChI is InChI=1S/C20H18ClFN4O/c21-18-11-15(5-8-23)13-24-19(18)16-6-9-26(10-7-16)20(27)25-17-3-1-14(12-22)2-4-17/h1-4,6,11,13H,5,7,9-10,12H2,(H,25,27). The van der Waals surface area contributed by atoms with Gasteiger partial charge in [-0.05, 0) is 41.3 Å². The number of amides is 2. The van der Waals surface area contributed by atoms with Gasteiger partial charge in [-0.25, -0.2) is 9.18 Å². The minimum Gasteiger partial charge on any atom is -0.320 e. The van der Waals surface area contributed by atoms with Crippen LogP contribution in [0.3, 0.4) is 0 Å². The van der Waals surface area contributed by atoms with E-state index in [4.69, 9.17) is 16.9 Å². The molecular weight excluding hydrogens is 367 g/mol. The van der Waals surface area contributed by atoms with E-state index >= 15 is 0 Å². The van der Waals surface area contributed by atoms with Crippen LogP contribution in [0.2, 0.25) is 5.02 Å². The number of benzene rings is 1. The van der Waals surface area contributed by atoms with Crippen LogP contribution in [0.4, 0.5) is 14.9 Å². The molecule has 3 rings (SSSR count). The van der Waals surface area contributed by atoms with Gasteiger partial charge in [0, 0.05) is 25.0 Å². The summed E-state index contributed by atoms with van der Waals surface area (Å²) in [5, 5.41) is 12.1. The van der Waals surface area contributed by atoms with E-state index in [1.54, 1.807) is 41.4 Å². The average molecular weight is 385 g/mol. The summed E-state index contributed by atoms with van der Waals surface area (Å²) >= 11 is 6.30. The van der Waals surface area contributed by atoms with Crippen molar-refractivity contribution in [3.05, 3.63) is 64.4 Å². The van der Waals surface area contributed by atoms with Crippen LogP contribution >= 0.6 is 11.6 Å². The Hall–Kier alpha value is -2.91. The van der Waals surface area contributed by atoms with E-state index in [-0.39, 0.29) is 12.5 Å². The smallest absolute Gasteiger partial charge is 0.320 e. The number of halogens is 2. The van der Waals surface area contributed by atoms with Gasteiger partial charge >= 0.3 is 6.03 Å². The summed E-state index contributed by atoms with van der Waals surface area (Å²) in [6.07, 6.45) is 4.50. The lowest BCUT2D eigenvalue weighted by molar-refractivity contribution is 0.217. The molecule has 0 unspecified atom stereocenters. The number of urea groups is 1. The summed E-state index contributed by atoms with van der Waals surface area (Å²) in [6, 6.07) is 10.3. The van der Waals surface area contributed by atoms with E-state index in [9.17, 15) is 9.18 Å². The summed E-state index contributed by atoms with van der Waals surface area (Å²) in [4.78, 5) is 18.4. The van der Waals surface area contributed by atoms with Gasteiger partial charge in [0.15, 0.2) is 0 Å². The predicted octanol–water partition coefficient (Wildman–Crippen LogP) is 4.59. The summed E-state index contributed by atoms with van der Waals surface area (Å²) in [5.74, 6) is 0. The number of nitrogens with one attached hydrogen (secondary N) is 1. The third-order valence-corrected chi connectivity index (χ3v) is 4.63. The second-order valence-electron chi connectivity index (χ2n) is 6.19. The second-order valence-corrected chi connectivity index (χ2v) is 6.60. The molecule has 0 fully saturated rings.